The maximum Gasteiger partial charge on any atom is 0.417 e. The Bertz CT molecular complexity index is 2460. The first-order valence-corrected chi connectivity index (χ1v) is 38.3. The number of phenols is 2. The Morgan fingerprint density at radius 1 is 0.473 bits per heavy atom. The summed E-state index contributed by atoms with van der Waals surface area (Å²) >= 11 is 0. The molecule has 0 radical (unpaired) electrons. The summed E-state index contributed by atoms with van der Waals surface area (Å²) in [5, 5.41) is 42.3. The van der Waals surface area contributed by atoms with Crippen molar-refractivity contribution in [3.8, 4) is 34.5 Å². The molecule has 402 valence electrons. The molecule has 0 saturated heterocycles. The first-order chi connectivity index (χ1) is 35.0. The minimum atomic E-state index is -1.95. The molecule has 17 heteroatoms. The molecule has 5 N–H and O–H groups in total. The summed E-state index contributed by atoms with van der Waals surface area (Å²) in [6.45, 7) is 17.8. The molecule has 0 aliphatic rings. The topological polar surface area (TPSA) is 182 Å². The van der Waals surface area contributed by atoms with Crippen LogP contribution in [0.2, 0.25) is 76.6 Å². The van der Waals surface area contributed by atoms with Gasteiger partial charge in [-0.2, -0.15) is 0 Å². The van der Waals surface area contributed by atoms with Crippen LogP contribution in [-0.2, 0) is 58.3 Å². The van der Waals surface area contributed by atoms with Crippen molar-refractivity contribution in [3.63, 3.8) is 0 Å². The first kappa shape index (κ1) is 59.6. The number of nitrogens with one attached hydrogen (secondary N) is 1. The largest absolute Gasteiger partial charge is 0.508 e. The van der Waals surface area contributed by atoms with E-state index in [1.54, 1.807) is 62.8 Å². The maximum absolute atomic E-state index is 13.2. The molecule has 74 heavy (non-hydrogen) atoms. The lowest BCUT2D eigenvalue weighted by Crippen LogP contribution is -2.44. The van der Waals surface area contributed by atoms with E-state index in [1.807, 2.05) is 48.5 Å². The number of aryl methyl sites for hydroxylation is 4. The highest BCUT2D eigenvalue weighted by atomic mass is 28.4. The Labute approximate surface area is 443 Å². The molecule has 1 amide bonds. The highest BCUT2D eigenvalue weighted by Gasteiger charge is 2.34. The standard InChI is InChI=1S/C57H81NO12Si4/c1-65-54-37-44(23-27-51(54)62)19-14-32-73(7,8)70-72(5,6)31-13-18-43-24-28-52(48(35-43)41-60)68-57(64)58-49-21-11-16-46(36-49)39-56(63)67-53-29-25-45(38-55(53)66-2)20-15-33-74(9,10)69-71(3,4)30-12-17-42-22-26-50(61)47(34-42)40-59/h11,16,21-29,34-38,59-62H,12-15,17-20,30-33,39-41H2,1-10H3,(H,58,64). The van der Waals surface area contributed by atoms with Gasteiger partial charge in [0.05, 0.1) is 33.9 Å². The van der Waals surface area contributed by atoms with E-state index in [-0.39, 0.29) is 36.9 Å². The molecule has 0 aliphatic carbocycles. The summed E-state index contributed by atoms with van der Waals surface area (Å²) in [6.07, 6.45) is 6.52. The summed E-state index contributed by atoms with van der Waals surface area (Å²) < 4.78 is 36.1. The van der Waals surface area contributed by atoms with E-state index in [2.05, 4.69) is 57.7 Å². The van der Waals surface area contributed by atoms with Crippen molar-refractivity contribution in [2.45, 2.75) is 148 Å². The SMILES string of the molecule is COc1cc(CCC[Si](C)(C)O[Si](C)(C)CCCc2ccc(OC(=O)Nc3cccc(CC(=O)Oc4ccc(CCC[Si](C)(C)O[Si](C)(C)CCCc5ccc(O)c(CO)c5)cc4OC)c3)c(CO)c2)ccc1O. The van der Waals surface area contributed by atoms with Crippen molar-refractivity contribution in [2.24, 2.45) is 0 Å². The van der Waals surface area contributed by atoms with E-state index < -0.39 is 45.3 Å². The molecule has 0 aliphatic heterocycles. The summed E-state index contributed by atoms with van der Waals surface area (Å²) in [5.41, 5.74) is 6.50. The summed E-state index contributed by atoms with van der Waals surface area (Å²) in [5.74, 6) is 1.35. The van der Waals surface area contributed by atoms with E-state index in [1.165, 1.54) is 0 Å². The van der Waals surface area contributed by atoms with Gasteiger partial charge in [-0.15, -0.1) is 0 Å². The highest BCUT2D eigenvalue weighted by molar-refractivity contribution is 6.85. The van der Waals surface area contributed by atoms with Crippen LogP contribution in [0.15, 0.2) is 97.1 Å². The van der Waals surface area contributed by atoms with Gasteiger partial charge in [0.1, 0.15) is 11.5 Å². The fourth-order valence-electron chi connectivity index (χ4n) is 9.66. The second-order valence-electron chi connectivity index (χ2n) is 21.7. The number of aliphatic hydroxyl groups excluding tert-OH is 2. The van der Waals surface area contributed by atoms with Crippen LogP contribution in [0.1, 0.15) is 64.6 Å². The number of phenolic OH excluding ortho intramolecular Hbond substituents is 1. The Kier molecular flexibility index (Phi) is 22.2. The molecule has 5 aromatic rings. The van der Waals surface area contributed by atoms with Crippen molar-refractivity contribution in [2.75, 3.05) is 19.5 Å². The minimum absolute atomic E-state index is 0.0453. The number of carbonyl (C=O) groups is 2. The summed E-state index contributed by atoms with van der Waals surface area (Å²) in [7, 11) is -4.61. The predicted molar refractivity (Wildman–Crippen MR) is 304 cm³/mol. The lowest BCUT2D eigenvalue weighted by atomic mass is 10.1. The normalized spacial score (nSPS) is 12.1. The molecule has 0 atom stereocenters. The fourth-order valence-corrected chi connectivity index (χ4v) is 27.4. The number of carbonyl (C=O) groups excluding carboxylic acids is 2. The van der Waals surface area contributed by atoms with Gasteiger partial charge in [-0.25, -0.2) is 4.79 Å². The third-order valence-electron chi connectivity index (χ3n) is 13.1. The quantitative estimate of drug-likeness (QED) is 0.0174. The number of ether oxygens (including phenoxy) is 4. The lowest BCUT2D eigenvalue weighted by Gasteiger charge is -2.34. The van der Waals surface area contributed by atoms with E-state index in [0.717, 1.165) is 97.8 Å². The molecule has 0 aromatic heterocycles. The molecule has 5 rings (SSSR count). The van der Waals surface area contributed by atoms with Gasteiger partial charge in [0.2, 0.25) is 0 Å². The van der Waals surface area contributed by atoms with Crippen LogP contribution < -0.4 is 24.3 Å². The Balaban J connectivity index is 1.04. The molecule has 0 unspecified atom stereocenters. The number of hydrogen-bond acceptors (Lipinski definition) is 12. The molecule has 5 aromatic carbocycles. The Morgan fingerprint density at radius 2 is 0.919 bits per heavy atom. The number of benzene rings is 5. The molecule has 13 nitrogen and oxygen atoms in total. The molecule has 0 heterocycles. The number of amides is 1. The monoisotopic (exact) mass is 1080 g/mol. The number of hydrogen-bond donors (Lipinski definition) is 5. The van der Waals surface area contributed by atoms with Crippen LogP contribution in [0.4, 0.5) is 10.5 Å². The minimum Gasteiger partial charge on any atom is -0.508 e. The number of aromatic hydroxyl groups is 2. The molecular weight excluding hydrogens is 1000 g/mol. The zero-order valence-electron chi connectivity index (χ0n) is 45.4. The first-order valence-electron chi connectivity index (χ1n) is 25.9. The van der Waals surface area contributed by atoms with Gasteiger partial charge >= 0.3 is 12.1 Å². The van der Waals surface area contributed by atoms with Gasteiger partial charge in [-0.1, -0.05) is 36.4 Å². The number of esters is 1. The van der Waals surface area contributed by atoms with Crippen LogP contribution in [-0.4, -0.2) is 80.0 Å². The Morgan fingerprint density at radius 3 is 1.42 bits per heavy atom. The number of anilines is 1. The van der Waals surface area contributed by atoms with Gasteiger partial charge in [0, 0.05) is 16.8 Å². The maximum atomic E-state index is 13.2. The van der Waals surface area contributed by atoms with E-state index >= 15 is 0 Å². The third-order valence-corrected chi connectivity index (χ3v) is 28.2. The van der Waals surface area contributed by atoms with Crippen LogP contribution in [0.5, 0.6) is 34.5 Å². The van der Waals surface area contributed by atoms with Gasteiger partial charge in [0.15, 0.2) is 56.3 Å². The van der Waals surface area contributed by atoms with Gasteiger partial charge in [0.25, 0.3) is 0 Å². The zero-order chi connectivity index (χ0) is 54.1. The molecule has 0 saturated carbocycles. The number of aliphatic hydroxyl groups is 2. The van der Waals surface area contributed by atoms with E-state index in [9.17, 15) is 30.0 Å². The summed E-state index contributed by atoms with van der Waals surface area (Å²) in [6, 6.07) is 33.1. The van der Waals surface area contributed by atoms with Crippen molar-refractivity contribution >= 4 is 51.0 Å². The second kappa shape index (κ2) is 27.5. The van der Waals surface area contributed by atoms with Gasteiger partial charge < -0.3 is 47.6 Å². The van der Waals surface area contributed by atoms with Gasteiger partial charge in [-0.3, -0.25) is 10.1 Å². The lowest BCUT2D eigenvalue weighted by molar-refractivity contribution is -0.133. The van der Waals surface area contributed by atoms with E-state index in [0.29, 0.717) is 39.6 Å². The highest BCUT2D eigenvalue weighted by Crippen LogP contribution is 2.33. The van der Waals surface area contributed by atoms with Crippen LogP contribution in [0.3, 0.4) is 0 Å². The van der Waals surface area contributed by atoms with Crippen LogP contribution in [0.25, 0.3) is 0 Å². The number of methoxy groups -OCH3 is 2. The van der Waals surface area contributed by atoms with Crippen molar-refractivity contribution < 1.29 is 57.2 Å². The van der Waals surface area contributed by atoms with E-state index in [4.69, 9.17) is 27.2 Å². The van der Waals surface area contributed by atoms with Crippen molar-refractivity contribution in [1.82, 2.24) is 0 Å². The average Bonchev–Trinajstić information content (AvgIpc) is 3.32. The molecule has 0 fully saturated rings. The van der Waals surface area contributed by atoms with Crippen LogP contribution >= 0.6 is 0 Å². The summed E-state index contributed by atoms with van der Waals surface area (Å²) in [4.78, 5) is 26.3. The van der Waals surface area contributed by atoms with Crippen molar-refractivity contribution in [1.29, 1.82) is 0 Å². The molecular formula is C57H81NO12Si4. The van der Waals surface area contributed by atoms with Crippen molar-refractivity contribution in [3.05, 3.63) is 136 Å². The molecule has 0 spiro atoms. The predicted octanol–water partition coefficient (Wildman–Crippen LogP) is 12.8. The molecule has 0 bridgehead atoms. The fraction of sp³-hybridized carbons (Fsp3) is 0.439. The Hall–Kier alpha value is -5.25. The third kappa shape index (κ3) is 19.8. The number of rotatable bonds is 29. The zero-order valence-corrected chi connectivity index (χ0v) is 49.4. The second-order valence-corrected chi connectivity index (χ2v) is 39.4. The average molecular weight is 1080 g/mol. The smallest absolute Gasteiger partial charge is 0.417 e. The van der Waals surface area contributed by atoms with Crippen LogP contribution in [0, 0.1) is 0 Å². The van der Waals surface area contributed by atoms with Gasteiger partial charge in [-0.05, 0) is 216 Å².